The van der Waals surface area contributed by atoms with Crippen molar-refractivity contribution in [1.82, 2.24) is 10.2 Å². The highest BCUT2D eigenvalue weighted by atomic mass is 16.2. The third kappa shape index (κ3) is 3.23. The number of rotatable bonds is 5. The van der Waals surface area contributed by atoms with E-state index in [0.717, 1.165) is 0 Å². The Kier molecular flexibility index (Phi) is 5.51. The first-order valence-electron chi connectivity index (χ1n) is 5.33. The molecule has 0 fully saturated rings. The molecule has 0 aliphatic carbocycles. The van der Waals surface area contributed by atoms with E-state index >= 15 is 0 Å². The Morgan fingerprint density at radius 2 is 1.81 bits per heavy atom. The maximum absolute atomic E-state index is 11.8. The van der Waals surface area contributed by atoms with Crippen LogP contribution in [0.2, 0.25) is 0 Å². The second-order valence-electron chi connectivity index (χ2n) is 3.87. The van der Waals surface area contributed by atoms with Crippen molar-refractivity contribution in [2.24, 2.45) is 5.41 Å². The van der Waals surface area contributed by atoms with Crippen molar-refractivity contribution in [3.05, 3.63) is 0 Å². The molecule has 0 rings (SSSR count). The number of amides is 2. The van der Waals surface area contributed by atoms with Gasteiger partial charge in [-0.2, -0.15) is 5.26 Å². The molecule has 0 heterocycles. The fourth-order valence-electron chi connectivity index (χ4n) is 1.26. The number of carbonyl (C=O) groups is 2. The first-order chi connectivity index (χ1) is 7.43. The van der Waals surface area contributed by atoms with Gasteiger partial charge in [0, 0.05) is 14.1 Å². The summed E-state index contributed by atoms with van der Waals surface area (Å²) in [5.74, 6) is -0.553. The van der Waals surface area contributed by atoms with Gasteiger partial charge < -0.3 is 10.2 Å². The highest BCUT2D eigenvalue weighted by Crippen LogP contribution is 2.25. The van der Waals surface area contributed by atoms with Crippen molar-refractivity contribution in [1.29, 1.82) is 5.26 Å². The average molecular weight is 225 g/mol. The predicted molar refractivity (Wildman–Crippen MR) is 60.3 cm³/mol. The molecule has 0 spiro atoms. The van der Waals surface area contributed by atoms with E-state index in [0.29, 0.717) is 12.8 Å². The third-order valence-corrected chi connectivity index (χ3v) is 2.75. The Bertz CT molecular complexity index is 301. The van der Waals surface area contributed by atoms with E-state index in [2.05, 4.69) is 5.32 Å². The van der Waals surface area contributed by atoms with Crippen LogP contribution in [0.5, 0.6) is 0 Å². The number of nitrogens with one attached hydrogen (secondary N) is 1. The molecule has 0 saturated carbocycles. The molecule has 5 nitrogen and oxygen atoms in total. The number of nitriles is 1. The summed E-state index contributed by atoms with van der Waals surface area (Å²) in [7, 11) is 3.23. The number of likely N-dealkylation sites (N-methyl/N-ethyl adjacent to an activating group) is 1. The second kappa shape index (κ2) is 6.11. The molecular weight excluding hydrogens is 206 g/mol. The standard InChI is InChI=1S/C11H19N3O2/c1-5-11(6-2,8-12)10(16)13-7-9(15)14(3)4/h5-7H2,1-4H3,(H,13,16). The Morgan fingerprint density at radius 3 is 2.12 bits per heavy atom. The van der Waals surface area contributed by atoms with Gasteiger partial charge in [0.15, 0.2) is 0 Å². The van der Waals surface area contributed by atoms with E-state index in [9.17, 15) is 9.59 Å². The van der Waals surface area contributed by atoms with Crippen molar-refractivity contribution in [2.75, 3.05) is 20.6 Å². The average Bonchev–Trinajstić information content (AvgIpc) is 2.28. The smallest absolute Gasteiger partial charge is 0.241 e. The van der Waals surface area contributed by atoms with Crippen molar-refractivity contribution < 1.29 is 9.59 Å². The molecule has 0 aromatic heterocycles. The van der Waals surface area contributed by atoms with Crippen LogP contribution in [0.4, 0.5) is 0 Å². The van der Waals surface area contributed by atoms with Crippen LogP contribution in [-0.2, 0) is 9.59 Å². The maximum Gasteiger partial charge on any atom is 0.241 e. The van der Waals surface area contributed by atoms with Gasteiger partial charge in [-0.3, -0.25) is 9.59 Å². The van der Waals surface area contributed by atoms with Crippen LogP contribution in [0.3, 0.4) is 0 Å². The van der Waals surface area contributed by atoms with Gasteiger partial charge in [0.25, 0.3) is 0 Å². The number of carbonyl (C=O) groups excluding carboxylic acids is 2. The molecule has 0 aliphatic rings. The summed E-state index contributed by atoms with van der Waals surface area (Å²) >= 11 is 0. The first-order valence-corrected chi connectivity index (χ1v) is 5.33. The summed E-state index contributed by atoms with van der Waals surface area (Å²) in [6.45, 7) is 3.52. The van der Waals surface area contributed by atoms with Crippen molar-refractivity contribution in [2.45, 2.75) is 26.7 Å². The van der Waals surface area contributed by atoms with Gasteiger partial charge in [-0.15, -0.1) is 0 Å². The second-order valence-corrected chi connectivity index (χ2v) is 3.87. The Hall–Kier alpha value is -1.57. The molecule has 0 aromatic rings. The molecule has 16 heavy (non-hydrogen) atoms. The maximum atomic E-state index is 11.8. The lowest BCUT2D eigenvalue weighted by Gasteiger charge is -2.22. The number of hydrogen-bond acceptors (Lipinski definition) is 3. The molecule has 0 aliphatic heterocycles. The lowest BCUT2D eigenvalue weighted by Crippen LogP contribution is -2.43. The normalized spacial score (nSPS) is 10.4. The summed E-state index contributed by atoms with van der Waals surface area (Å²) in [5, 5.41) is 11.5. The van der Waals surface area contributed by atoms with Gasteiger partial charge in [-0.1, -0.05) is 13.8 Å². The van der Waals surface area contributed by atoms with Gasteiger partial charge in [0.2, 0.25) is 11.8 Å². The molecule has 2 amide bonds. The minimum absolute atomic E-state index is 0.0603. The van der Waals surface area contributed by atoms with E-state index in [1.165, 1.54) is 4.90 Å². The SMILES string of the molecule is CCC(C#N)(CC)C(=O)NCC(=O)N(C)C. The predicted octanol–water partition coefficient (Wildman–Crippen LogP) is 0.521. The minimum atomic E-state index is -1.01. The fourth-order valence-corrected chi connectivity index (χ4v) is 1.26. The minimum Gasteiger partial charge on any atom is -0.347 e. The zero-order valence-electron chi connectivity index (χ0n) is 10.3. The van der Waals surface area contributed by atoms with Crippen LogP contribution in [-0.4, -0.2) is 37.4 Å². The monoisotopic (exact) mass is 225 g/mol. The van der Waals surface area contributed by atoms with Crippen LogP contribution >= 0.6 is 0 Å². The molecule has 0 saturated heterocycles. The van der Waals surface area contributed by atoms with E-state index in [1.54, 1.807) is 27.9 Å². The van der Waals surface area contributed by atoms with Gasteiger partial charge in [0.05, 0.1) is 12.6 Å². The van der Waals surface area contributed by atoms with E-state index in [-0.39, 0.29) is 18.4 Å². The quantitative estimate of drug-likeness (QED) is 0.741. The van der Waals surface area contributed by atoms with E-state index in [4.69, 9.17) is 5.26 Å². The third-order valence-electron chi connectivity index (χ3n) is 2.75. The summed E-state index contributed by atoms with van der Waals surface area (Å²) in [5.41, 5.74) is -1.01. The van der Waals surface area contributed by atoms with Crippen LogP contribution in [0, 0.1) is 16.7 Å². The summed E-state index contributed by atoms with van der Waals surface area (Å²) < 4.78 is 0. The lowest BCUT2D eigenvalue weighted by molar-refractivity contribution is -0.133. The first kappa shape index (κ1) is 14.4. The van der Waals surface area contributed by atoms with Gasteiger partial charge >= 0.3 is 0 Å². The van der Waals surface area contributed by atoms with E-state index in [1.807, 2.05) is 6.07 Å². The molecule has 0 unspecified atom stereocenters. The fraction of sp³-hybridized carbons (Fsp3) is 0.727. The molecule has 1 N–H and O–H groups in total. The summed E-state index contributed by atoms with van der Waals surface area (Å²) in [4.78, 5) is 24.4. The topological polar surface area (TPSA) is 73.2 Å². The largest absolute Gasteiger partial charge is 0.347 e. The highest BCUT2D eigenvalue weighted by molar-refractivity contribution is 5.89. The van der Waals surface area contributed by atoms with Crippen molar-refractivity contribution in [3.8, 4) is 6.07 Å². The Balaban J connectivity index is 4.46. The summed E-state index contributed by atoms with van der Waals surface area (Å²) in [6, 6.07) is 2.03. The molecule has 0 radical (unpaired) electrons. The van der Waals surface area contributed by atoms with Crippen LogP contribution in [0.1, 0.15) is 26.7 Å². The zero-order valence-corrected chi connectivity index (χ0v) is 10.3. The van der Waals surface area contributed by atoms with Crippen molar-refractivity contribution in [3.63, 3.8) is 0 Å². The molecule has 5 heteroatoms. The zero-order chi connectivity index (χ0) is 12.8. The van der Waals surface area contributed by atoms with Crippen molar-refractivity contribution >= 4 is 11.8 Å². The molecule has 90 valence electrons. The lowest BCUT2D eigenvalue weighted by atomic mass is 9.83. The Labute approximate surface area is 96.4 Å². The molecular formula is C11H19N3O2. The number of nitrogens with zero attached hydrogens (tertiary/aromatic N) is 2. The molecule has 0 aromatic carbocycles. The Morgan fingerprint density at radius 1 is 1.31 bits per heavy atom. The van der Waals surface area contributed by atoms with E-state index < -0.39 is 5.41 Å². The van der Waals surface area contributed by atoms with Gasteiger partial charge in [-0.25, -0.2) is 0 Å². The number of hydrogen-bond donors (Lipinski definition) is 1. The summed E-state index contributed by atoms with van der Waals surface area (Å²) in [6.07, 6.45) is 0.893. The molecule has 0 atom stereocenters. The highest BCUT2D eigenvalue weighted by Gasteiger charge is 2.34. The van der Waals surface area contributed by atoms with Crippen LogP contribution in [0.25, 0.3) is 0 Å². The van der Waals surface area contributed by atoms with Crippen LogP contribution in [0.15, 0.2) is 0 Å². The molecule has 0 bridgehead atoms. The van der Waals surface area contributed by atoms with Crippen LogP contribution < -0.4 is 5.32 Å². The van der Waals surface area contributed by atoms with Gasteiger partial charge in [-0.05, 0) is 12.8 Å². The van der Waals surface area contributed by atoms with Gasteiger partial charge in [0.1, 0.15) is 5.41 Å².